The molecule has 2 aliphatic rings. The topological polar surface area (TPSA) is 73.9 Å². The van der Waals surface area contributed by atoms with Crippen molar-refractivity contribution in [1.82, 2.24) is 5.32 Å². The van der Waals surface area contributed by atoms with Gasteiger partial charge in [-0.05, 0) is 35.4 Å². The highest BCUT2D eigenvalue weighted by Gasteiger charge is 2.41. The van der Waals surface area contributed by atoms with E-state index >= 15 is 0 Å². The molecular formula is C20H18FNO5. The van der Waals surface area contributed by atoms with Gasteiger partial charge in [-0.2, -0.15) is 0 Å². The number of hydrogen-bond donors (Lipinski definition) is 1. The Morgan fingerprint density at radius 1 is 1.07 bits per heavy atom. The molecule has 1 fully saturated rings. The largest absolute Gasteiger partial charge is 0.486 e. The summed E-state index contributed by atoms with van der Waals surface area (Å²) in [5, 5.41) is 2.79. The zero-order valence-electron chi connectivity index (χ0n) is 14.4. The van der Waals surface area contributed by atoms with E-state index in [9.17, 15) is 14.0 Å². The Bertz CT molecular complexity index is 867. The minimum atomic E-state index is -0.679. The quantitative estimate of drug-likeness (QED) is 0.836. The first-order valence-corrected chi connectivity index (χ1v) is 8.71. The molecule has 0 aromatic heterocycles. The maximum absolute atomic E-state index is 13.0. The van der Waals surface area contributed by atoms with Crippen LogP contribution in [0.15, 0.2) is 42.5 Å². The second-order valence-corrected chi connectivity index (χ2v) is 6.47. The van der Waals surface area contributed by atoms with Crippen LogP contribution in [0.1, 0.15) is 23.7 Å². The van der Waals surface area contributed by atoms with Crippen molar-refractivity contribution in [3.63, 3.8) is 0 Å². The van der Waals surface area contributed by atoms with Crippen molar-refractivity contribution in [2.24, 2.45) is 5.92 Å². The van der Waals surface area contributed by atoms with Gasteiger partial charge in [-0.25, -0.2) is 4.39 Å². The molecule has 2 heterocycles. The van der Waals surface area contributed by atoms with Crippen LogP contribution in [0.2, 0.25) is 0 Å². The fourth-order valence-electron chi connectivity index (χ4n) is 3.25. The van der Waals surface area contributed by atoms with E-state index in [1.807, 2.05) is 0 Å². The van der Waals surface area contributed by atoms with Crippen molar-refractivity contribution >= 4 is 11.9 Å². The number of esters is 1. The molecule has 27 heavy (non-hydrogen) atoms. The van der Waals surface area contributed by atoms with Gasteiger partial charge in [0.15, 0.2) is 11.5 Å². The van der Waals surface area contributed by atoms with Crippen LogP contribution < -0.4 is 14.8 Å². The molecule has 4 rings (SSSR count). The Morgan fingerprint density at radius 2 is 1.81 bits per heavy atom. The highest BCUT2D eigenvalue weighted by molar-refractivity contribution is 5.87. The lowest BCUT2D eigenvalue weighted by atomic mass is 9.94. The summed E-state index contributed by atoms with van der Waals surface area (Å²) in [5.41, 5.74) is 1.46. The lowest BCUT2D eigenvalue weighted by molar-refractivity contribution is -0.141. The maximum atomic E-state index is 13.0. The van der Waals surface area contributed by atoms with Crippen molar-refractivity contribution in [1.29, 1.82) is 0 Å². The highest BCUT2D eigenvalue weighted by Crippen LogP contribution is 2.40. The molecule has 1 amide bonds. The first-order chi connectivity index (χ1) is 13.1. The first kappa shape index (κ1) is 17.3. The second kappa shape index (κ2) is 7.26. The summed E-state index contributed by atoms with van der Waals surface area (Å²) in [6, 6.07) is 11.1. The van der Waals surface area contributed by atoms with E-state index in [1.54, 1.807) is 30.3 Å². The lowest BCUT2D eigenvalue weighted by Crippen LogP contribution is -2.32. The number of fused-ring (bicyclic) bond motifs is 1. The molecule has 140 valence electrons. The summed E-state index contributed by atoms with van der Waals surface area (Å²) in [4.78, 5) is 24.5. The van der Waals surface area contributed by atoms with E-state index in [2.05, 4.69) is 5.32 Å². The van der Waals surface area contributed by atoms with E-state index in [1.165, 1.54) is 12.1 Å². The van der Waals surface area contributed by atoms with Gasteiger partial charge in [-0.1, -0.05) is 18.2 Å². The Morgan fingerprint density at radius 3 is 2.59 bits per heavy atom. The van der Waals surface area contributed by atoms with Gasteiger partial charge in [0.25, 0.3) is 0 Å². The number of halogens is 1. The van der Waals surface area contributed by atoms with Gasteiger partial charge in [-0.15, -0.1) is 0 Å². The number of carbonyl (C=O) groups excluding carboxylic acids is 2. The second-order valence-electron chi connectivity index (χ2n) is 6.47. The number of ether oxygens (including phenoxy) is 3. The van der Waals surface area contributed by atoms with Crippen LogP contribution in [0.4, 0.5) is 4.39 Å². The van der Waals surface area contributed by atoms with E-state index in [0.717, 1.165) is 5.56 Å². The van der Waals surface area contributed by atoms with Gasteiger partial charge in [0.1, 0.15) is 25.1 Å². The number of cyclic esters (lactones) is 1. The maximum Gasteiger partial charge on any atom is 0.307 e. The summed E-state index contributed by atoms with van der Waals surface area (Å²) in [5.74, 6) is -0.472. The normalized spacial score (nSPS) is 20.9. The van der Waals surface area contributed by atoms with Crippen molar-refractivity contribution in [2.75, 3.05) is 13.2 Å². The van der Waals surface area contributed by atoms with Gasteiger partial charge in [0.05, 0.1) is 12.3 Å². The highest BCUT2D eigenvalue weighted by atomic mass is 19.1. The third-order valence-corrected chi connectivity index (χ3v) is 4.62. The van der Waals surface area contributed by atoms with E-state index in [-0.39, 0.29) is 24.7 Å². The van der Waals surface area contributed by atoms with Crippen molar-refractivity contribution in [2.45, 2.75) is 19.1 Å². The van der Waals surface area contributed by atoms with Crippen LogP contribution in [0.3, 0.4) is 0 Å². The van der Waals surface area contributed by atoms with Crippen LogP contribution in [0, 0.1) is 11.7 Å². The molecule has 0 saturated carbocycles. The Labute approximate surface area is 155 Å². The summed E-state index contributed by atoms with van der Waals surface area (Å²) < 4.78 is 29.4. The monoisotopic (exact) mass is 371 g/mol. The molecule has 1 N–H and O–H groups in total. The minimum absolute atomic E-state index is 0.00829. The molecule has 1 saturated heterocycles. The smallest absolute Gasteiger partial charge is 0.307 e. The zero-order chi connectivity index (χ0) is 18.8. The number of benzene rings is 2. The van der Waals surface area contributed by atoms with Crippen LogP contribution in [0.25, 0.3) is 0 Å². The number of rotatable bonds is 4. The molecule has 0 aliphatic carbocycles. The Hall–Kier alpha value is -3.09. The number of hydrogen-bond acceptors (Lipinski definition) is 5. The zero-order valence-corrected chi connectivity index (χ0v) is 14.4. The van der Waals surface area contributed by atoms with E-state index in [0.29, 0.717) is 30.3 Å². The van der Waals surface area contributed by atoms with Gasteiger partial charge in [-0.3, -0.25) is 9.59 Å². The average Bonchev–Trinajstić information content (AvgIpc) is 3.09. The van der Waals surface area contributed by atoms with Crippen LogP contribution in [-0.2, 0) is 20.9 Å². The molecule has 2 aromatic carbocycles. The van der Waals surface area contributed by atoms with Crippen LogP contribution in [0.5, 0.6) is 11.5 Å². The van der Waals surface area contributed by atoms with Gasteiger partial charge >= 0.3 is 5.97 Å². The average molecular weight is 371 g/mol. The first-order valence-electron chi connectivity index (χ1n) is 8.71. The predicted octanol–water partition coefficient (Wildman–Crippen LogP) is 2.52. The molecule has 6 nitrogen and oxygen atoms in total. The molecule has 0 spiro atoms. The number of carbonyl (C=O) groups is 2. The fourth-order valence-corrected chi connectivity index (χ4v) is 3.25. The standard InChI is InChI=1S/C20H18FNO5/c21-14-4-1-12(2-5-14)11-22-20(24)15-10-18(23)27-19(15)13-3-6-16-17(9-13)26-8-7-25-16/h1-6,9,15,19H,7-8,10-11H2,(H,22,24)/t15-,19-/m1/s1. The summed E-state index contributed by atoms with van der Waals surface area (Å²) in [7, 11) is 0. The lowest BCUT2D eigenvalue weighted by Gasteiger charge is -2.22. The van der Waals surface area contributed by atoms with Gasteiger partial charge in [0.2, 0.25) is 5.91 Å². The van der Waals surface area contributed by atoms with Gasteiger partial charge < -0.3 is 19.5 Å². The summed E-state index contributed by atoms with van der Waals surface area (Å²) >= 11 is 0. The van der Waals surface area contributed by atoms with E-state index in [4.69, 9.17) is 14.2 Å². The molecule has 0 bridgehead atoms. The third-order valence-electron chi connectivity index (χ3n) is 4.62. The molecule has 2 aromatic rings. The molecule has 7 heteroatoms. The van der Waals surface area contributed by atoms with Crippen LogP contribution in [-0.4, -0.2) is 25.1 Å². The fraction of sp³-hybridized carbons (Fsp3) is 0.300. The molecule has 2 atom stereocenters. The SMILES string of the molecule is O=C1C[C@@H](C(=O)NCc2ccc(F)cc2)[C@@H](c2ccc3c(c2)OCCO3)O1. The Kier molecular flexibility index (Phi) is 4.66. The van der Waals surface area contributed by atoms with Crippen molar-refractivity contribution in [3.05, 3.63) is 59.4 Å². The van der Waals surface area contributed by atoms with Gasteiger partial charge in [0, 0.05) is 6.54 Å². The summed E-state index contributed by atoms with van der Waals surface area (Å²) in [6.07, 6.45) is -0.671. The van der Waals surface area contributed by atoms with Crippen molar-refractivity contribution < 1.29 is 28.2 Å². The molecular weight excluding hydrogens is 353 g/mol. The number of nitrogens with one attached hydrogen (secondary N) is 1. The van der Waals surface area contributed by atoms with Crippen molar-refractivity contribution in [3.8, 4) is 11.5 Å². The van der Waals surface area contributed by atoms with Crippen LogP contribution >= 0.6 is 0 Å². The molecule has 2 aliphatic heterocycles. The molecule has 0 radical (unpaired) electrons. The molecule has 0 unspecified atom stereocenters. The predicted molar refractivity (Wildman–Crippen MR) is 92.6 cm³/mol. The third kappa shape index (κ3) is 3.72. The van der Waals surface area contributed by atoms with E-state index < -0.39 is 18.0 Å². The minimum Gasteiger partial charge on any atom is -0.486 e. The Balaban J connectivity index is 1.48. The summed E-state index contributed by atoms with van der Waals surface area (Å²) in [6.45, 7) is 1.18. The number of amides is 1.